The van der Waals surface area contributed by atoms with Gasteiger partial charge in [0.05, 0.1) is 5.56 Å². The molecule has 0 bridgehead atoms. The Balaban J connectivity index is 1.75. The van der Waals surface area contributed by atoms with E-state index >= 15 is 0 Å². The molecule has 1 amide bonds. The zero-order chi connectivity index (χ0) is 18.7. The van der Waals surface area contributed by atoms with Crippen molar-refractivity contribution in [2.75, 3.05) is 5.32 Å². The van der Waals surface area contributed by atoms with Crippen LogP contribution in [0, 0.1) is 0 Å². The molecular formula is C19H13F3N2OS. The third-order valence-corrected chi connectivity index (χ3v) is 3.91. The molecule has 0 radical (unpaired) electrons. The fourth-order valence-electron chi connectivity index (χ4n) is 2.53. The van der Waals surface area contributed by atoms with E-state index < -0.39 is 17.6 Å². The van der Waals surface area contributed by atoms with E-state index in [-0.39, 0.29) is 10.8 Å². The predicted octanol–water partition coefficient (Wildman–Crippen LogP) is 4.99. The highest BCUT2D eigenvalue weighted by atomic mass is 32.1. The zero-order valence-electron chi connectivity index (χ0n) is 13.3. The maximum absolute atomic E-state index is 12.8. The molecule has 0 unspecified atom stereocenters. The van der Waals surface area contributed by atoms with Gasteiger partial charge in [-0.15, -0.1) is 0 Å². The van der Waals surface area contributed by atoms with Gasteiger partial charge in [-0.1, -0.05) is 42.5 Å². The van der Waals surface area contributed by atoms with Gasteiger partial charge in [-0.3, -0.25) is 10.1 Å². The van der Waals surface area contributed by atoms with Crippen LogP contribution in [0.2, 0.25) is 0 Å². The lowest BCUT2D eigenvalue weighted by atomic mass is 10.0. The summed E-state index contributed by atoms with van der Waals surface area (Å²) in [6.07, 6.45) is -4.45. The van der Waals surface area contributed by atoms with Gasteiger partial charge in [-0.2, -0.15) is 13.2 Å². The molecule has 2 N–H and O–H groups in total. The van der Waals surface area contributed by atoms with Crippen molar-refractivity contribution >= 4 is 39.7 Å². The second-order valence-electron chi connectivity index (χ2n) is 5.51. The number of hydrogen-bond donors (Lipinski definition) is 2. The van der Waals surface area contributed by atoms with E-state index in [0.29, 0.717) is 5.56 Å². The molecule has 3 aromatic rings. The van der Waals surface area contributed by atoms with Crippen molar-refractivity contribution in [1.29, 1.82) is 0 Å². The number of amides is 1. The molecule has 7 heteroatoms. The number of nitrogens with one attached hydrogen (secondary N) is 2. The second kappa shape index (κ2) is 7.13. The van der Waals surface area contributed by atoms with Gasteiger partial charge < -0.3 is 5.32 Å². The van der Waals surface area contributed by atoms with E-state index in [1.807, 2.05) is 30.3 Å². The van der Waals surface area contributed by atoms with Crippen LogP contribution < -0.4 is 10.6 Å². The van der Waals surface area contributed by atoms with Gasteiger partial charge in [0.2, 0.25) is 0 Å². The van der Waals surface area contributed by atoms with Crippen molar-refractivity contribution < 1.29 is 18.0 Å². The summed E-state index contributed by atoms with van der Waals surface area (Å²) in [7, 11) is 0. The van der Waals surface area contributed by atoms with Crippen LogP contribution in [-0.4, -0.2) is 11.0 Å². The summed E-state index contributed by atoms with van der Waals surface area (Å²) >= 11 is 5.05. The maximum atomic E-state index is 12.8. The highest BCUT2D eigenvalue weighted by molar-refractivity contribution is 7.80. The molecule has 0 aromatic heterocycles. The number of carbonyl (C=O) groups excluding carboxylic acids is 1. The minimum absolute atomic E-state index is 0.0812. The number of benzene rings is 3. The van der Waals surface area contributed by atoms with Crippen LogP contribution in [0.5, 0.6) is 0 Å². The van der Waals surface area contributed by atoms with Crippen LogP contribution in [0.3, 0.4) is 0 Å². The van der Waals surface area contributed by atoms with Crippen molar-refractivity contribution in [1.82, 2.24) is 5.32 Å². The average Bonchev–Trinajstić information content (AvgIpc) is 2.60. The first-order valence-corrected chi connectivity index (χ1v) is 8.03. The van der Waals surface area contributed by atoms with Gasteiger partial charge in [0, 0.05) is 11.3 Å². The van der Waals surface area contributed by atoms with E-state index in [1.165, 1.54) is 12.1 Å². The van der Waals surface area contributed by atoms with Crippen LogP contribution >= 0.6 is 12.2 Å². The molecule has 0 aliphatic carbocycles. The van der Waals surface area contributed by atoms with Gasteiger partial charge in [0.25, 0.3) is 5.91 Å². The molecule has 0 saturated heterocycles. The third-order valence-electron chi connectivity index (χ3n) is 3.71. The number of hydrogen-bond acceptors (Lipinski definition) is 2. The van der Waals surface area contributed by atoms with Crippen molar-refractivity contribution in [3.8, 4) is 0 Å². The first kappa shape index (κ1) is 17.9. The topological polar surface area (TPSA) is 41.1 Å². The van der Waals surface area contributed by atoms with Crippen molar-refractivity contribution in [2.45, 2.75) is 6.18 Å². The quantitative estimate of drug-likeness (QED) is 0.621. The molecule has 0 heterocycles. The SMILES string of the molecule is O=C(NC(=S)Nc1cccc(C(F)(F)F)c1)c1cccc2ccccc12. The molecule has 0 fully saturated rings. The summed E-state index contributed by atoms with van der Waals surface area (Å²) in [6.45, 7) is 0. The first-order valence-electron chi connectivity index (χ1n) is 7.62. The van der Waals surface area contributed by atoms with Gasteiger partial charge in [0.15, 0.2) is 5.11 Å². The number of alkyl halides is 3. The van der Waals surface area contributed by atoms with Crippen LogP contribution in [0.1, 0.15) is 15.9 Å². The molecule has 3 aromatic carbocycles. The minimum atomic E-state index is -4.45. The molecule has 0 aliphatic rings. The molecule has 0 spiro atoms. The monoisotopic (exact) mass is 374 g/mol. The minimum Gasteiger partial charge on any atom is -0.332 e. The lowest BCUT2D eigenvalue weighted by Gasteiger charge is -2.13. The Kier molecular flexibility index (Phi) is 4.90. The van der Waals surface area contributed by atoms with E-state index in [0.717, 1.165) is 22.9 Å². The Hall–Kier alpha value is -2.93. The number of halogens is 3. The summed E-state index contributed by atoms with van der Waals surface area (Å²) in [5, 5.41) is 6.68. The summed E-state index contributed by atoms with van der Waals surface area (Å²) in [6, 6.07) is 17.3. The Morgan fingerprint density at radius 1 is 0.923 bits per heavy atom. The smallest absolute Gasteiger partial charge is 0.332 e. The van der Waals surface area contributed by atoms with Gasteiger partial charge >= 0.3 is 6.18 Å². The molecule has 0 aliphatic heterocycles. The fraction of sp³-hybridized carbons (Fsp3) is 0.0526. The van der Waals surface area contributed by atoms with Crippen molar-refractivity contribution in [3.05, 3.63) is 77.9 Å². The second-order valence-corrected chi connectivity index (χ2v) is 5.92. The van der Waals surface area contributed by atoms with Gasteiger partial charge in [-0.05, 0) is 47.3 Å². The van der Waals surface area contributed by atoms with E-state index in [9.17, 15) is 18.0 Å². The summed E-state index contributed by atoms with van der Waals surface area (Å²) in [4.78, 5) is 12.5. The summed E-state index contributed by atoms with van der Waals surface area (Å²) in [5.41, 5.74) is -0.231. The van der Waals surface area contributed by atoms with Crippen LogP contribution in [-0.2, 0) is 6.18 Å². The van der Waals surface area contributed by atoms with E-state index in [4.69, 9.17) is 12.2 Å². The number of rotatable bonds is 2. The lowest BCUT2D eigenvalue weighted by molar-refractivity contribution is -0.137. The largest absolute Gasteiger partial charge is 0.416 e. The van der Waals surface area contributed by atoms with Gasteiger partial charge in [0.1, 0.15) is 0 Å². The van der Waals surface area contributed by atoms with Crippen LogP contribution in [0.25, 0.3) is 10.8 Å². The van der Waals surface area contributed by atoms with Crippen LogP contribution in [0.15, 0.2) is 66.7 Å². The number of anilines is 1. The Labute approximate surface area is 152 Å². The predicted molar refractivity (Wildman–Crippen MR) is 99.1 cm³/mol. The van der Waals surface area contributed by atoms with Crippen molar-refractivity contribution in [2.24, 2.45) is 0 Å². The highest BCUT2D eigenvalue weighted by Gasteiger charge is 2.30. The van der Waals surface area contributed by atoms with E-state index in [1.54, 1.807) is 12.1 Å². The molecule has 132 valence electrons. The molecule has 3 rings (SSSR count). The number of thiocarbonyl (C=S) groups is 1. The highest BCUT2D eigenvalue weighted by Crippen LogP contribution is 2.30. The first-order chi connectivity index (χ1) is 12.3. The zero-order valence-corrected chi connectivity index (χ0v) is 14.1. The normalized spacial score (nSPS) is 11.2. The van der Waals surface area contributed by atoms with E-state index in [2.05, 4.69) is 10.6 Å². The average molecular weight is 374 g/mol. The Morgan fingerprint density at radius 2 is 1.62 bits per heavy atom. The fourth-order valence-corrected chi connectivity index (χ4v) is 2.74. The molecule has 26 heavy (non-hydrogen) atoms. The lowest BCUT2D eigenvalue weighted by Crippen LogP contribution is -2.34. The number of fused-ring (bicyclic) bond motifs is 1. The van der Waals surface area contributed by atoms with Crippen molar-refractivity contribution in [3.63, 3.8) is 0 Å². The summed E-state index contributed by atoms with van der Waals surface area (Å²) < 4.78 is 38.3. The molecular weight excluding hydrogens is 361 g/mol. The maximum Gasteiger partial charge on any atom is 0.416 e. The summed E-state index contributed by atoms with van der Waals surface area (Å²) in [5.74, 6) is -0.439. The Bertz CT molecular complexity index is 980. The molecule has 0 saturated carbocycles. The van der Waals surface area contributed by atoms with Gasteiger partial charge in [-0.25, -0.2) is 0 Å². The molecule has 3 nitrogen and oxygen atoms in total. The van der Waals surface area contributed by atoms with Crippen LogP contribution in [0.4, 0.5) is 18.9 Å². The standard InChI is InChI=1S/C19H13F3N2OS/c20-19(21,22)13-7-4-8-14(11-13)23-18(26)24-17(25)16-10-3-6-12-5-1-2-9-15(12)16/h1-11H,(H2,23,24,25,26). The Morgan fingerprint density at radius 3 is 2.38 bits per heavy atom. The number of carbonyl (C=O) groups is 1. The third kappa shape index (κ3) is 4.00. The molecule has 0 atom stereocenters.